The van der Waals surface area contributed by atoms with Gasteiger partial charge < -0.3 is 19.9 Å². The van der Waals surface area contributed by atoms with Crippen molar-refractivity contribution in [1.82, 2.24) is 0 Å². The van der Waals surface area contributed by atoms with E-state index in [-0.39, 0.29) is 17.9 Å². The number of carbonyl (C=O) groups excluding carboxylic acids is 1. The summed E-state index contributed by atoms with van der Waals surface area (Å²) in [6, 6.07) is 15.0. The van der Waals surface area contributed by atoms with Gasteiger partial charge in [0, 0.05) is 16.3 Å². The minimum Gasteiger partial charge on any atom is -0.496 e. The van der Waals surface area contributed by atoms with Crippen molar-refractivity contribution in [2.24, 2.45) is 0 Å². The molecule has 3 rings (SSSR count). The number of carboxylic acids is 1. The van der Waals surface area contributed by atoms with Crippen LogP contribution in [0.2, 0.25) is 0 Å². The lowest BCUT2D eigenvalue weighted by atomic mass is 10.0. The van der Waals surface area contributed by atoms with Crippen LogP contribution in [0.4, 0.5) is 5.69 Å². The third-order valence-electron chi connectivity index (χ3n) is 3.81. The number of para-hydroxylation sites is 1. The van der Waals surface area contributed by atoms with E-state index in [1.165, 1.54) is 16.7 Å². The van der Waals surface area contributed by atoms with E-state index in [9.17, 15) is 9.59 Å². The van der Waals surface area contributed by atoms with E-state index in [0.29, 0.717) is 5.75 Å². The minimum atomic E-state index is -1.08. The van der Waals surface area contributed by atoms with Crippen molar-refractivity contribution in [2.75, 3.05) is 19.0 Å². The molecule has 7 heteroatoms. The molecule has 0 aliphatic heterocycles. The Bertz CT molecular complexity index is 949. The summed E-state index contributed by atoms with van der Waals surface area (Å²) < 4.78 is 10.8. The first kappa shape index (κ1) is 18.5. The Morgan fingerprint density at radius 3 is 2.52 bits per heavy atom. The molecule has 0 bridgehead atoms. The highest BCUT2D eigenvalue weighted by atomic mass is 32.1. The van der Waals surface area contributed by atoms with Crippen LogP contribution in [0.5, 0.6) is 11.5 Å². The van der Waals surface area contributed by atoms with E-state index in [1.807, 2.05) is 36.4 Å². The first-order chi connectivity index (χ1) is 13.1. The highest BCUT2D eigenvalue weighted by Crippen LogP contribution is 2.30. The van der Waals surface area contributed by atoms with Gasteiger partial charge >= 0.3 is 5.97 Å². The molecular weight excluding hydrogens is 366 g/mol. The molecule has 0 unspecified atom stereocenters. The standard InChI is InChI=1S/C20H17NO5S/c1-25-18-5-3-2-4-15(18)13-6-8-14(9-7-13)26-10-19(22)21-17-12-27-11-16(17)20(23)24/h2-9,11-12H,10H2,1H3,(H,21,22)(H,23,24). The SMILES string of the molecule is COc1ccccc1-c1ccc(OCC(=O)Nc2cscc2C(=O)O)cc1. The largest absolute Gasteiger partial charge is 0.496 e. The third-order valence-corrected chi connectivity index (χ3v) is 4.55. The van der Waals surface area contributed by atoms with Gasteiger partial charge in [-0.2, -0.15) is 0 Å². The number of carbonyl (C=O) groups is 2. The molecule has 0 radical (unpaired) electrons. The zero-order valence-electron chi connectivity index (χ0n) is 14.5. The number of hydrogen-bond donors (Lipinski definition) is 2. The van der Waals surface area contributed by atoms with Gasteiger partial charge in [-0.3, -0.25) is 4.79 Å². The number of aromatic carboxylic acids is 1. The van der Waals surface area contributed by atoms with Crippen LogP contribution in [0.15, 0.2) is 59.3 Å². The summed E-state index contributed by atoms with van der Waals surface area (Å²) in [5.74, 6) is -0.202. The molecule has 0 atom stereocenters. The van der Waals surface area contributed by atoms with E-state index in [4.69, 9.17) is 14.6 Å². The highest BCUT2D eigenvalue weighted by Gasteiger charge is 2.14. The summed E-state index contributed by atoms with van der Waals surface area (Å²) in [6.07, 6.45) is 0. The summed E-state index contributed by atoms with van der Waals surface area (Å²) in [5, 5.41) is 14.6. The number of thiophene rings is 1. The molecule has 0 saturated heterocycles. The van der Waals surface area contributed by atoms with Gasteiger partial charge in [0.05, 0.1) is 18.4 Å². The van der Waals surface area contributed by atoms with E-state index in [0.717, 1.165) is 16.9 Å². The number of amides is 1. The Labute approximate surface area is 160 Å². The smallest absolute Gasteiger partial charge is 0.338 e. The van der Waals surface area contributed by atoms with Crippen molar-refractivity contribution in [3.05, 3.63) is 64.9 Å². The first-order valence-electron chi connectivity index (χ1n) is 8.04. The lowest BCUT2D eigenvalue weighted by molar-refractivity contribution is -0.118. The summed E-state index contributed by atoms with van der Waals surface area (Å²) in [4.78, 5) is 23.0. The van der Waals surface area contributed by atoms with Crippen LogP contribution in [0, 0.1) is 0 Å². The van der Waals surface area contributed by atoms with Crippen molar-refractivity contribution >= 4 is 28.9 Å². The van der Waals surface area contributed by atoms with Gasteiger partial charge in [-0.1, -0.05) is 30.3 Å². The molecule has 3 aromatic rings. The molecule has 1 heterocycles. The monoisotopic (exact) mass is 383 g/mol. The summed E-state index contributed by atoms with van der Waals surface area (Å²) in [6.45, 7) is -0.219. The summed E-state index contributed by atoms with van der Waals surface area (Å²) >= 11 is 1.21. The van der Waals surface area contributed by atoms with E-state index < -0.39 is 11.9 Å². The van der Waals surface area contributed by atoms with Crippen molar-refractivity contribution in [2.45, 2.75) is 0 Å². The maximum atomic E-state index is 12.0. The number of nitrogens with one attached hydrogen (secondary N) is 1. The fourth-order valence-corrected chi connectivity index (χ4v) is 3.26. The van der Waals surface area contributed by atoms with Crippen LogP contribution < -0.4 is 14.8 Å². The second-order valence-corrected chi connectivity index (χ2v) is 6.31. The molecule has 6 nitrogen and oxygen atoms in total. The molecule has 0 spiro atoms. The molecule has 0 aliphatic rings. The number of anilines is 1. The Morgan fingerprint density at radius 1 is 1.07 bits per heavy atom. The lowest BCUT2D eigenvalue weighted by Gasteiger charge is -2.10. The average molecular weight is 383 g/mol. The van der Waals surface area contributed by atoms with Gasteiger partial charge in [-0.05, 0) is 23.8 Å². The summed E-state index contributed by atoms with van der Waals surface area (Å²) in [5.41, 5.74) is 2.26. The molecule has 27 heavy (non-hydrogen) atoms. The van der Waals surface area contributed by atoms with Gasteiger partial charge in [0.1, 0.15) is 11.5 Å². The second-order valence-electron chi connectivity index (χ2n) is 5.57. The van der Waals surface area contributed by atoms with Gasteiger partial charge in [-0.15, -0.1) is 11.3 Å². The highest BCUT2D eigenvalue weighted by molar-refractivity contribution is 7.08. The molecule has 0 saturated carbocycles. The van der Waals surface area contributed by atoms with Crippen LogP contribution in [0.3, 0.4) is 0 Å². The number of rotatable bonds is 7. The molecule has 138 valence electrons. The Hall–Kier alpha value is -3.32. The van der Waals surface area contributed by atoms with E-state index in [2.05, 4.69) is 5.32 Å². The van der Waals surface area contributed by atoms with Crippen molar-refractivity contribution in [3.8, 4) is 22.6 Å². The van der Waals surface area contributed by atoms with Gasteiger partial charge in [-0.25, -0.2) is 4.79 Å². The van der Waals surface area contributed by atoms with E-state index >= 15 is 0 Å². The lowest BCUT2D eigenvalue weighted by Crippen LogP contribution is -2.21. The predicted molar refractivity (Wildman–Crippen MR) is 104 cm³/mol. The van der Waals surface area contributed by atoms with E-state index in [1.54, 1.807) is 24.6 Å². The Kier molecular flexibility index (Phi) is 5.73. The molecule has 2 aromatic carbocycles. The van der Waals surface area contributed by atoms with Crippen LogP contribution in [-0.2, 0) is 4.79 Å². The topological polar surface area (TPSA) is 84.9 Å². The first-order valence-corrected chi connectivity index (χ1v) is 8.98. The molecule has 2 N–H and O–H groups in total. The Balaban J connectivity index is 1.61. The quantitative estimate of drug-likeness (QED) is 0.641. The maximum Gasteiger partial charge on any atom is 0.338 e. The van der Waals surface area contributed by atoms with Crippen LogP contribution in [0.25, 0.3) is 11.1 Å². The molecule has 1 aromatic heterocycles. The summed E-state index contributed by atoms with van der Waals surface area (Å²) in [7, 11) is 1.62. The molecular formula is C20H17NO5S. The van der Waals surface area contributed by atoms with Crippen molar-refractivity contribution < 1.29 is 24.2 Å². The van der Waals surface area contributed by atoms with Crippen molar-refractivity contribution in [1.29, 1.82) is 0 Å². The fraction of sp³-hybridized carbons (Fsp3) is 0.100. The average Bonchev–Trinajstić information content (AvgIpc) is 3.15. The predicted octanol–water partition coefficient (Wildman–Crippen LogP) is 4.14. The molecule has 0 fully saturated rings. The van der Waals surface area contributed by atoms with Crippen LogP contribution in [-0.4, -0.2) is 30.7 Å². The zero-order chi connectivity index (χ0) is 19.2. The van der Waals surface area contributed by atoms with Gasteiger partial charge in [0.2, 0.25) is 0 Å². The number of hydrogen-bond acceptors (Lipinski definition) is 5. The Morgan fingerprint density at radius 2 is 1.81 bits per heavy atom. The molecule has 1 amide bonds. The second kappa shape index (κ2) is 8.37. The van der Waals surface area contributed by atoms with Crippen molar-refractivity contribution in [3.63, 3.8) is 0 Å². The van der Waals surface area contributed by atoms with Gasteiger partial charge in [0.25, 0.3) is 5.91 Å². The normalized spacial score (nSPS) is 10.3. The number of ether oxygens (including phenoxy) is 2. The maximum absolute atomic E-state index is 12.0. The fourth-order valence-electron chi connectivity index (χ4n) is 2.51. The number of carboxylic acid groups (broad SMARTS) is 1. The van der Waals surface area contributed by atoms with Crippen LogP contribution >= 0.6 is 11.3 Å². The third kappa shape index (κ3) is 4.45. The molecule has 0 aliphatic carbocycles. The minimum absolute atomic E-state index is 0.0644. The van der Waals surface area contributed by atoms with Gasteiger partial charge in [0.15, 0.2) is 6.61 Å². The number of methoxy groups -OCH3 is 1. The zero-order valence-corrected chi connectivity index (χ0v) is 15.3. The van der Waals surface area contributed by atoms with Crippen LogP contribution in [0.1, 0.15) is 10.4 Å². The number of benzene rings is 2.